The minimum atomic E-state index is 0.475. The maximum absolute atomic E-state index is 5.93. The first kappa shape index (κ1) is 15.5. The molecule has 0 heterocycles. The summed E-state index contributed by atoms with van der Waals surface area (Å²) in [5.41, 5.74) is 1.40. The van der Waals surface area contributed by atoms with E-state index in [-0.39, 0.29) is 0 Å². The van der Waals surface area contributed by atoms with Gasteiger partial charge in [-0.25, -0.2) is 0 Å². The number of hydrogen-bond donors (Lipinski definition) is 1. The van der Waals surface area contributed by atoms with Crippen LogP contribution in [0.2, 0.25) is 0 Å². The molecule has 1 N–H and O–H groups in total. The highest BCUT2D eigenvalue weighted by atomic mass is 16.5. The van der Waals surface area contributed by atoms with E-state index in [1.54, 1.807) is 0 Å². The Labute approximate surface area is 123 Å². The highest BCUT2D eigenvalue weighted by molar-refractivity contribution is 5.18. The van der Waals surface area contributed by atoms with Crippen molar-refractivity contribution in [1.82, 2.24) is 5.32 Å². The molecule has 1 saturated carbocycles. The lowest BCUT2D eigenvalue weighted by atomic mass is 10.0. The van der Waals surface area contributed by atoms with E-state index in [2.05, 4.69) is 42.6 Å². The van der Waals surface area contributed by atoms with Crippen LogP contribution in [0, 0.1) is 0 Å². The van der Waals surface area contributed by atoms with Gasteiger partial charge in [-0.2, -0.15) is 0 Å². The van der Waals surface area contributed by atoms with E-state index < -0.39 is 0 Å². The molecule has 0 aliphatic heterocycles. The summed E-state index contributed by atoms with van der Waals surface area (Å²) >= 11 is 0. The van der Waals surface area contributed by atoms with E-state index >= 15 is 0 Å². The van der Waals surface area contributed by atoms with Crippen molar-refractivity contribution in [3.05, 3.63) is 35.9 Å². The van der Waals surface area contributed by atoms with Crippen molar-refractivity contribution >= 4 is 0 Å². The Hall–Kier alpha value is -0.860. The van der Waals surface area contributed by atoms with Crippen LogP contribution < -0.4 is 5.32 Å². The van der Waals surface area contributed by atoms with Crippen LogP contribution in [-0.4, -0.2) is 19.3 Å². The molecule has 1 unspecified atom stereocenters. The lowest BCUT2D eigenvalue weighted by molar-refractivity contribution is 0.0589. The molecule has 2 nitrogen and oxygen atoms in total. The van der Waals surface area contributed by atoms with Gasteiger partial charge in [0.2, 0.25) is 0 Å². The molecular weight excluding hydrogens is 246 g/mol. The van der Waals surface area contributed by atoms with E-state index in [9.17, 15) is 0 Å². The Morgan fingerprint density at radius 2 is 1.95 bits per heavy atom. The lowest BCUT2D eigenvalue weighted by Crippen LogP contribution is -2.26. The number of nitrogens with one attached hydrogen (secondary N) is 1. The fourth-order valence-electron chi connectivity index (χ4n) is 2.99. The van der Waals surface area contributed by atoms with Gasteiger partial charge in [0.15, 0.2) is 0 Å². The van der Waals surface area contributed by atoms with Gasteiger partial charge in [-0.15, -0.1) is 0 Å². The van der Waals surface area contributed by atoms with Crippen molar-refractivity contribution in [3.63, 3.8) is 0 Å². The summed E-state index contributed by atoms with van der Waals surface area (Å²) in [7, 11) is 0. The Balaban J connectivity index is 1.72. The molecule has 1 fully saturated rings. The largest absolute Gasteiger partial charge is 0.377 e. The third-order valence-corrected chi connectivity index (χ3v) is 4.20. The van der Waals surface area contributed by atoms with Crippen LogP contribution in [0.4, 0.5) is 0 Å². The fraction of sp³-hybridized carbons (Fsp3) is 0.667. The van der Waals surface area contributed by atoms with Crippen molar-refractivity contribution in [1.29, 1.82) is 0 Å². The fourth-order valence-corrected chi connectivity index (χ4v) is 2.99. The van der Waals surface area contributed by atoms with Gasteiger partial charge in [0.05, 0.1) is 12.7 Å². The summed E-state index contributed by atoms with van der Waals surface area (Å²) in [5, 5.41) is 3.67. The third-order valence-electron chi connectivity index (χ3n) is 4.20. The molecule has 1 aliphatic carbocycles. The molecule has 112 valence electrons. The van der Waals surface area contributed by atoms with Gasteiger partial charge in [-0.1, -0.05) is 62.9 Å². The van der Waals surface area contributed by atoms with Crippen LogP contribution in [0.3, 0.4) is 0 Å². The van der Waals surface area contributed by atoms with E-state index in [0.29, 0.717) is 12.1 Å². The summed E-state index contributed by atoms with van der Waals surface area (Å²) in [5.74, 6) is 0. The first-order valence-electron chi connectivity index (χ1n) is 8.30. The number of ether oxygens (including phenoxy) is 1. The second-order valence-corrected chi connectivity index (χ2v) is 5.84. The van der Waals surface area contributed by atoms with Gasteiger partial charge >= 0.3 is 0 Å². The molecule has 2 rings (SSSR count). The molecule has 1 aromatic rings. The minimum Gasteiger partial charge on any atom is -0.377 e. The predicted molar refractivity (Wildman–Crippen MR) is 84.9 cm³/mol. The minimum absolute atomic E-state index is 0.475. The summed E-state index contributed by atoms with van der Waals surface area (Å²) in [4.78, 5) is 0. The van der Waals surface area contributed by atoms with Crippen LogP contribution in [0.1, 0.15) is 63.5 Å². The van der Waals surface area contributed by atoms with E-state index in [1.807, 2.05) is 0 Å². The Kier molecular flexibility index (Phi) is 7.10. The van der Waals surface area contributed by atoms with Gasteiger partial charge < -0.3 is 10.1 Å². The highest BCUT2D eigenvalue weighted by Crippen LogP contribution is 2.21. The molecule has 20 heavy (non-hydrogen) atoms. The van der Waals surface area contributed by atoms with Crippen molar-refractivity contribution in [2.45, 2.75) is 64.0 Å². The average Bonchev–Trinajstić information content (AvgIpc) is 3.01. The normalized spacial score (nSPS) is 17.4. The monoisotopic (exact) mass is 275 g/mol. The summed E-state index contributed by atoms with van der Waals surface area (Å²) in [6.07, 6.45) is 9.49. The van der Waals surface area contributed by atoms with Crippen LogP contribution in [0.15, 0.2) is 30.3 Å². The highest BCUT2D eigenvalue weighted by Gasteiger charge is 2.15. The van der Waals surface area contributed by atoms with E-state index in [1.165, 1.54) is 50.5 Å². The van der Waals surface area contributed by atoms with Crippen molar-refractivity contribution in [2.24, 2.45) is 0 Å². The van der Waals surface area contributed by atoms with Crippen LogP contribution in [0.5, 0.6) is 0 Å². The maximum atomic E-state index is 5.93. The summed E-state index contributed by atoms with van der Waals surface area (Å²) < 4.78 is 5.93. The number of rotatable bonds is 9. The molecule has 0 spiro atoms. The predicted octanol–water partition coefficient (Wildman–Crippen LogP) is 4.47. The molecular formula is C18H29NO. The molecule has 2 heteroatoms. The molecule has 0 aromatic heterocycles. The molecule has 0 saturated heterocycles. The summed E-state index contributed by atoms with van der Waals surface area (Å²) in [6.45, 7) is 4.06. The lowest BCUT2D eigenvalue weighted by Gasteiger charge is -2.20. The Bertz CT molecular complexity index is 346. The van der Waals surface area contributed by atoms with Crippen molar-refractivity contribution in [3.8, 4) is 0 Å². The smallest absolute Gasteiger partial charge is 0.0594 e. The van der Waals surface area contributed by atoms with Gasteiger partial charge in [0, 0.05) is 12.6 Å². The second kappa shape index (κ2) is 9.15. The van der Waals surface area contributed by atoms with Crippen LogP contribution >= 0.6 is 0 Å². The zero-order chi connectivity index (χ0) is 14.0. The maximum Gasteiger partial charge on any atom is 0.0594 e. The molecule has 1 aliphatic rings. The van der Waals surface area contributed by atoms with E-state index in [4.69, 9.17) is 4.74 Å². The standard InChI is InChI=1S/C18H29NO/c1-2-3-13-18(16-9-5-4-6-10-16)19-14-15-20-17-11-7-8-12-17/h4-6,9-10,17-19H,2-3,7-8,11-15H2,1H3. The van der Waals surface area contributed by atoms with Gasteiger partial charge in [-0.3, -0.25) is 0 Å². The molecule has 0 amide bonds. The Morgan fingerprint density at radius 1 is 1.20 bits per heavy atom. The summed E-state index contributed by atoms with van der Waals surface area (Å²) in [6, 6.07) is 11.3. The Morgan fingerprint density at radius 3 is 2.65 bits per heavy atom. The zero-order valence-electron chi connectivity index (χ0n) is 12.8. The van der Waals surface area contributed by atoms with Gasteiger partial charge in [0.25, 0.3) is 0 Å². The number of hydrogen-bond acceptors (Lipinski definition) is 2. The van der Waals surface area contributed by atoms with Crippen molar-refractivity contribution in [2.75, 3.05) is 13.2 Å². The number of unbranched alkanes of at least 4 members (excludes halogenated alkanes) is 1. The SMILES string of the molecule is CCCCC(NCCOC1CCCC1)c1ccccc1. The molecule has 0 bridgehead atoms. The number of benzene rings is 1. The van der Waals surface area contributed by atoms with Gasteiger partial charge in [-0.05, 0) is 24.8 Å². The second-order valence-electron chi connectivity index (χ2n) is 5.84. The third kappa shape index (κ3) is 5.26. The zero-order valence-corrected chi connectivity index (χ0v) is 12.8. The molecule has 0 radical (unpaired) electrons. The quantitative estimate of drug-likeness (QED) is 0.672. The first-order chi connectivity index (χ1) is 9.90. The molecule has 1 atom stereocenters. The molecule has 1 aromatic carbocycles. The van der Waals surface area contributed by atoms with Crippen molar-refractivity contribution < 1.29 is 4.74 Å². The van der Waals surface area contributed by atoms with E-state index in [0.717, 1.165) is 13.2 Å². The topological polar surface area (TPSA) is 21.3 Å². The van der Waals surface area contributed by atoms with Gasteiger partial charge in [0.1, 0.15) is 0 Å². The van der Waals surface area contributed by atoms with Crippen LogP contribution in [0.25, 0.3) is 0 Å². The average molecular weight is 275 g/mol. The first-order valence-corrected chi connectivity index (χ1v) is 8.30. The van der Waals surface area contributed by atoms with Crippen LogP contribution in [-0.2, 0) is 4.74 Å².